The molecular formula is C11H22BN2O2. The number of primary amides is 1. The predicted molar refractivity (Wildman–Crippen MR) is 64.6 cm³/mol. The fourth-order valence-corrected chi connectivity index (χ4v) is 2.53. The molecule has 1 saturated carbocycles. The van der Waals surface area contributed by atoms with Crippen molar-refractivity contribution in [1.82, 2.24) is 0 Å². The summed E-state index contributed by atoms with van der Waals surface area (Å²) >= 11 is 0. The molecule has 16 heavy (non-hydrogen) atoms. The van der Waals surface area contributed by atoms with E-state index in [1.807, 2.05) is 0 Å². The summed E-state index contributed by atoms with van der Waals surface area (Å²) in [4.78, 5) is 11.3. The Morgan fingerprint density at radius 3 is 2.56 bits per heavy atom. The SMILES string of the molecule is CC1(CC([B]OCN)C(N)=O)CCCCC1. The molecular weight excluding hydrogens is 203 g/mol. The summed E-state index contributed by atoms with van der Waals surface area (Å²) in [5, 5.41) is 0. The van der Waals surface area contributed by atoms with Gasteiger partial charge in [-0.15, -0.1) is 0 Å². The normalized spacial score (nSPS) is 21.4. The minimum Gasteiger partial charge on any atom is -0.428 e. The van der Waals surface area contributed by atoms with Crippen molar-refractivity contribution in [2.24, 2.45) is 16.9 Å². The minimum absolute atomic E-state index is 0.0977. The average molecular weight is 225 g/mol. The van der Waals surface area contributed by atoms with E-state index in [1.54, 1.807) is 0 Å². The van der Waals surface area contributed by atoms with E-state index in [0.717, 1.165) is 6.42 Å². The third-order valence-corrected chi connectivity index (χ3v) is 3.50. The largest absolute Gasteiger partial charge is 0.428 e. The Kier molecular flexibility index (Phi) is 5.28. The highest BCUT2D eigenvalue weighted by molar-refractivity contribution is 6.37. The van der Waals surface area contributed by atoms with Crippen LogP contribution in [0.15, 0.2) is 0 Å². The molecule has 1 amide bonds. The molecule has 1 aliphatic rings. The van der Waals surface area contributed by atoms with E-state index < -0.39 is 0 Å². The predicted octanol–water partition coefficient (Wildman–Crippen LogP) is 1.17. The standard InChI is InChI=1S/C11H22BN2O2/c1-11(5-3-2-4-6-11)7-9(10(14)15)12-16-8-13/h9H,2-8,13H2,1H3,(H2,14,15). The third kappa shape index (κ3) is 4.14. The second-order valence-corrected chi connectivity index (χ2v) is 5.05. The molecule has 1 fully saturated rings. The highest BCUT2D eigenvalue weighted by Gasteiger charge is 2.32. The molecule has 91 valence electrons. The summed E-state index contributed by atoms with van der Waals surface area (Å²) in [6, 6.07) is 0. The fourth-order valence-electron chi connectivity index (χ4n) is 2.53. The molecule has 1 radical (unpaired) electrons. The molecule has 0 aromatic carbocycles. The maximum absolute atomic E-state index is 11.3. The molecule has 1 aliphatic carbocycles. The number of carbonyl (C=O) groups excluding carboxylic acids is 1. The van der Waals surface area contributed by atoms with Crippen LogP contribution in [-0.4, -0.2) is 20.1 Å². The Bertz CT molecular complexity index is 230. The van der Waals surface area contributed by atoms with Crippen LogP contribution in [-0.2, 0) is 9.45 Å². The lowest BCUT2D eigenvalue weighted by atomic mass is 9.64. The van der Waals surface area contributed by atoms with Crippen LogP contribution in [0.25, 0.3) is 0 Å². The van der Waals surface area contributed by atoms with Gasteiger partial charge < -0.3 is 16.1 Å². The van der Waals surface area contributed by atoms with Gasteiger partial charge in [-0.05, 0) is 24.7 Å². The summed E-state index contributed by atoms with van der Waals surface area (Å²) in [7, 11) is 1.50. The quantitative estimate of drug-likeness (QED) is 0.526. The molecule has 1 rings (SSSR count). The Balaban J connectivity index is 2.48. The van der Waals surface area contributed by atoms with Gasteiger partial charge in [-0.3, -0.25) is 4.79 Å². The number of amides is 1. The van der Waals surface area contributed by atoms with Crippen LogP contribution in [0.5, 0.6) is 0 Å². The van der Waals surface area contributed by atoms with Gasteiger partial charge in [0.1, 0.15) is 0 Å². The third-order valence-electron chi connectivity index (χ3n) is 3.50. The van der Waals surface area contributed by atoms with Gasteiger partial charge in [-0.25, -0.2) is 0 Å². The molecule has 4 nitrogen and oxygen atoms in total. The fraction of sp³-hybridized carbons (Fsp3) is 0.909. The first kappa shape index (κ1) is 13.5. The Morgan fingerprint density at radius 1 is 1.44 bits per heavy atom. The van der Waals surface area contributed by atoms with Crippen LogP contribution < -0.4 is 11.5 Å². The van der Waals surface area contributed by atoms with Crippen molar-refractivity contribution < 1.29 is 9.45 Å². The van der Waals surface area contributed by atoms with Crippen LogP contribution >= 0.6 is 0 Å². The van der Waals surface area contributed by atoms with Crippen molar-refractivity contribution in [3.05, 3.63) is 0 Å². The molecule has 0 aromatic heterocycles. The van der Waals surface area contributed by atoms with Crippen molar-refractivity contribution in [2.45, 2.75) is 51.3 Å². The molecule has 0 spiro atoms. The molecule has 1 atom stereocenters. The van der Waals surface area contributed by atoms with Crippen molar-refractivity contribution in [2.75, 3.05) is 6.73 Å². The van der Waals surface area contributed by atoms with Crippen molar-refractivity contribution in [3.8, 4) is 0 Å². The van der Waals surface area contributed by atoms with Crippen LogP contribution in [0, 0.1) is 5.41 Å². The summed E-state index contributed by atoms with van der Waals surface area (Å²) in [6.07, 6.45) is 6.93. The lowest BCUT2D eigenvalue weighted by molar-refractivity contribution is -0.118. The molecule has 4 N–H and O–H groups in total. The van der Waals surface area contributed by atoms with Crippen molar-refractivity contribution >= 4 is 13.4 Å². The molecule has 0 aromatic rings. The van der Waals surface area contributed by atoms with Crippen molar-refractivity contribution in [1.29, 1.82) is 0 Å². The number of nitrogens with two attached hydrogens (primary N) is 2. The smallest absolute Gasteiger partial charge is 0.307 e. The number of carbonyl (C=O) groups is 1. The molecule has 0 aliphatic heterocycles. The van der Waals surface area contributed by atoms with E-state index in [9.17, 15) is 4.79 Å². The zero-order valence-corrected chi connectivity index (χ0v) is 10.1. The van der Waals surface area contributed by atoms with Gasteiger partial charge >= 0.3 is 7.48 Å². The summed E-state index contributed by atoms with van der Waals surface area (Å²) in [6.45, 7) is 2.33. The summed E-state index contributed by atoms with van der Waals surface area (Å²) in [5.41, 5.74) is 10.8. The molecule has 0 heterocycles. The second kappa shape index (κ2) is 6.25. The molecule has 0 saturated heterocycles. The van der Waals surface area contributed by atoms with E-state index in [1.165, 1.54) is 39.6 Å². The van der Waals surface area contributed by atoms with Crippen molar-refractivity contribution in [3.63, 3.8) is 0 Å². The monoisotopic (exact) mass is 225 g/mol. The lowest BCUT2D eigenvalue weighted by Gasteiger charge is -2.35. The topological polar surface area (TPSA) is 78.3 Å². The van der Waals surface area contributed by atoms with Crippen LogP contribution in [0.1, 0.15) is 45.4 Å². The summed E-state index contributed by atoms with van der Waals surface area (Å²) < 4.78 is 5.00. The first-order valence-electron chi connectivity index (χ1n) is 6.02. The zero-order chi connectivity index (χ0) is 12.0. The first-order valence-corrected chi connectivity index (χ1v) is 6.02. The van der Waals surface area contributed by atoms with Gasteiger partial charge in [0.25, 0.3) is 0 Å². The van der Waals surface area contributed by atoms with Crippen LogP contribution in [0.3, 0.4) is 0 Å². The minimum atomic E-state index is -0.319. The molecule has 5 heteroatoms. The highest BCUT2D eigenvalue weighted by Crippen LogP contribution is 2.42. The zero-order valence-electron chi connectivity index (χ0n) is 10.1. The number of hydrogen-bond donors (Lipinski definition) is 2. The number of rotatable bonds is 6. The van der Waals surface area contributed by atoms with Gasteiger partial charge in [-0.1, -0.05) is 26.2 Å². The van der Waals surface area contributed by atoms with Gasteiger partial charge in [0.05, 0.1) is 6.73 Å². The summed E-state index contributed by atoms with van der Waals surface area (Å²) in [5.74, 6) is -0.633. The maximum atomic E-state index is 11.3. The van der Waals surface area contributed by atoms with Gasteiger partial charge in [0.2, 0.25) is 5.91 Å². The first-order chi connectivity index (χ1) is 7.57. The van der Waals surface area contributed by atoms with E-state index >= 15 is 0 Å². The second-order valence-electron chi connectivity index (χ2n) is 5.05. The van der Waals surface area contributed by atoms with E-state index in [2.05, 4.69) is 6.92 Å². The van der Waals surface area contributed by atoms with Crippen LogP contribution in [0.2, 0.25) is 5.82 Å². The highest BCUT2D eigenvalue weighted by atomic mass is 16.4. The Hall–Kier alpha value is -0.545. The van der Waals surface area contributed by atoms with E-state index in [-0.39, 0.29) is 23.9 Å². The lowest BCUT2D eigenvalue weighted by Crippen LogP contribution is -2.32. The van der Waals surface area contributed by atoms with Gasteiger partial charge in [0, 0.05) is 5.82 Å². The Morgan fingerprint density at radius 2 is 2.06 bits per heavy atom. The van der Waals surface area contributed by atoms with E-state index in [4.69, 9.17) is 16.1 Å². The number of hydrogen-bond acceptors (Lipinski definition) is 3. The molecule has 1 unspecified atom stereocenters. The molecule has 0 bridgehead atoms. The van der Waals surface area contributed by atoms with Crippen LogP contribution in [0.4, 0.5) is 0 Å². The van der Waals surface area contributed by atoms with Gasteiger partial charge in [-0.2, -0.15) is 0 Å². The van der Waals surface area contributed by atoms with E-state index in [0.29, 0.717) is 0 Å². The van der Waals surface area contributed by atoms with Gasteiger partial charge in [0.15, 0.2) is 0 Å². The Labute approximate surface area is 98.4 Å². The maximum Gasteiger partial charge on any atom is 0.307 e. The average Bonchev–Trinajstić information content (AvgIpc) is 2.25.